The molecule has 1 atom stereocenters. The summed E-state index contributed by atoms with van der Waals surface area (Å²) in [5.74, 6) is 1.48. The number of nitriles is 1. The zero-order chi connectivity index (χ0) is 11.5. The lowest BCUT2D eigenvalue weighted by Crippen LogP contribution is -2.31. The molecule has 1 aliphatic carbocycles. The van der Waals surface area contributed by atoms with Crippen LogP contribution in [0, 0.1) is 17.2 Å². The summed E-state index contributed by atoms with van der Waals surface area (Å²) in [6.07, 6.45) is 3.90. The first kappa shape index (κ1) is 10.7. The van der Waals surface area contributed by atoms with Gasteiger partial charge in [-0.05, 0) is 37.8 Å². The van der Waals surface area contributed by atoms with Crippen LogP contribution >= 0.6 is 0 Å². The predicted octanol–water partition coefficient (Wildman–Crippen LogP) is 2.14. The fraction of sp³-hybridized carbons (Fsp3) is 0.500. The topological polar surface area (TPSA) is 74.7 Å². The van der Waals surface area contributed by atoms with Crippen molar-refractivity contribution in [2.24, 2.45) is 5.92 Å². The molecule has 0 aliphatic heterocycles. The maximum atomic E-state index is 8.82. The van der Waals surface area contributed by atoms with Gasteiger partial charge in [0.2, 0.25) is 0 Å². The minimum Gasteiger partial charge on any atom is -0.396 e. The summed E-state index contributed by atoms with van der Waals surface area (Å²) >= 11 is 0. The molecule has 84 valence electrons. The van der Waals surface area contributed by atoms with Crippen LogP contribution in [0.15, 0.2) is 12.1 Å². The third-order valence-corrected chi connectivity index (χ3v) is 3.26. The summed E-state index contributed by atoms with van der Waals surface area (Å²) in [7, 11) is 0. The number of nitrogens with one attached hydrogen (secondary N) is 1. The largest absolute Gasteiger partial charge is 0.396 e. The molecule has 1 unspecified atom stereocenters. The van der Waals surface area contributed by atoms with E-state index in [1.54, 1.807) is 6.07 Å². The van der Waals surface area contributed by atoms with E-state index in [1.807, 2.05) is 12.1 Å². The van der Waals surface area contributed by atoms with Crippen LogP contribution in [0.5, 0.6) is 0 Å². The molecule has 4 heteroatoms. The van der Waals surface area contributed by atoms with Gasteiger partial charge in [0.25, 0.3) is 0 Å². The Kier molecular flexibility index (Phi) is 2.95. The Bertz CT molecular complexity index is 418. The van der Waals surface area contributed by atoms with E-state index in [1.165, 1.54) is 19.3 Å². The van der Waals surface area contributed by atoms with Gasteiger partial charge in [-0.2, -0.15) is 5.26 Å². The third kappa shape index (κ3) is 2.08. The van der Waals surface area contributed by atoms with Crippen LogP contribution in [-0.4, -0.2) is 11.0 Å². The number of hydrogen-bond donors (Lipinski definition) is 2. The molecule has 0 bridgehead atoms. The molecule has 1 saturated carbocycles. The molecule has 1 aliphatic rings. The van der Waals surface area contributed by atoms with Crippen molar-refractivity contribution in [3.05, 3.63) is 17.8 Å². The maximum absolute atomic E-state index is 8.82. The highest BCUT2D eigenvalue weighted by molar-refractivity contribution is 5.54. The summed E-state index contributed by atoms with van der Waals surface area (Å²) in [5, 5.41) is 12.2. The van der Waals surface area contributed by atoms with Crippen LogP contribution in [0.3, 0.4) is 0 Å². The van der Waals surface area contributed by atoms with Crippen molar-refractivity contribution >= 4 is 11.5 Å². The summed E-state index contributed by atoms with van der Waals surface area (Å²) in [5.41, 5.74) is 6.35. The van der Waals surface area contributed by atoms with Crippen LogP contribution < -0.4 is 11.1 Å². The Balaban J connectivity index is 2.06. The van der Waals surface area contributed by atoms with E-state index in [4.69, 9.17) is 11.0 Å². The van der Waals surface area contributed by atoms with Gasteiger partial charge < -0.3 is 11.1 Å². The van der Waals surface area contributed by atoms with Gasteiger partial charge in [0.15, 0.2) is 5.69 Å². The molecule has 0 saturated heterocycles. The van der Waals surface area contributed by atoms with Gasteiger partial charge in [-0.1, -0.05) is 6.42 Å². The van der Waals surface area contributed by atoms with E-state index in [-0.39, 0.29) is 0 Å². The highest BCUT2D eigenvalue weighted by atomic mass is 15.0. The number of aromatic nitrogens is 1. The number of hydrogen-bond acceptors (Lipinski definition) is 4. The summed E-state index contributed by atoms with van der Waals surface area (Å²) < 4.78 is 0. The minimum atomic E-state index is 0.297. The van der Waals surface area contributed by atoms with Crippen LogP contribution in [0.4, 0.5) is 11.5 Å². The van der Waals surface area contributed by atoms with Crippen molar-refractivity contribution in [1.82, 2.24) is 4.98 Å². The fourth-order valence-electron chi connectivity index (χ4n) is 1.93. The van der Waals surface area contributed by atoms with Gasteiger partial charge in [-0.25, -0.2) is 4.98 Å². The molecule has 2 rings (SSSR count). The summed E-state index contributed by atoms with van der Waals surface area (Å²) in [4.78, 5) is 4.17. The third-order valence-electron chi connectivity index (χ3n) is 3.26. The smallest absolute Gasteiger partial charge is 0.165 e. The molecule has 0 spiro atoms. The average Bonchev–Trinajstić information content (AvgIpc) is 2.18. The SMILES string of the molecule is CC(Nc1ccc(N)c(C#N)n1)C1CCC1. The maximum Gasteiger partial charge on any atom is 0.165 e. The quantitative estimate of drug-likeness (QED) is 0.811. The average molecular weight is 216 g/mol. The lowest BCUT2D eigenvalue weighted by atomic mass is 9.80. The molecule has 1 aromatic rings. The Morgan fingerprint density at radius 3 is 2.88 bits per heavy atom. The lowest BCUT2D eigenvalue weighted by molar-refractivity contribution is 0.285. The predicted molar refractivity (Wildman–Crippen MR) is 63.8 cm³/mol. The first-order valence-corrected chi connectivity index (χ1v) is 5.64. The van der Waals surface area contributed by atoms with Gasteiger partial charge in [-0.3, -0.25) is 0 Å². The van der Waals surface area contributed by atoms with E-state index in [0.717, 1.165) is 11.7 Å². The van der Waals surface area contributed by atoms with Crippen molar-refractivity contribution in [2.75, 3.05) is 11.1 Å². The van der Waals surface area contributed by atoms with Crippen molar-refractivity contribution in [1.29, 1.82) is 5.26 Å². The number of rotatable bonds is 3. The Morgan fingerprint density at radius 1 is 1.56 bits per heavy atom. The number of nitrogens with two attached hydrogens (primary N) is 1. The zero-order valence-corrected chi connectivity index (χ0v) is 9.40. The second-order valence-electron chi connectivity index (χ2n) is 4.37. The van der Waals surface area contributed by atoms with Gasteiger partial charge in [0, 0.05) is 6.04 Å². The van der Waals surface area contributed by atoms with Crippen molar-refractivity contribution in [2.45, 2.75) is 32.2 Å². The standard InChI is InChI=1S/C12H16N4/c1-8(9-3-2-4-9)15-12-6-5-10(14)11(7-13)16-12/h5-6,8-9H,2-4,14H2,1H3,(H,15,16). The van der Waals surface area contributed by atoms with Crippen LogP contribution in [0.25, 0.3) is 0 Å². The molecular formula is C12H16N4. The van der Waals surface area contributed by atoms with Gasteiger partial charge >= 0.3 is 0 Å². The number of nitrogen functional groups attached to an aromatic ring is 1. The second kappa shape index (κ2) is 4.40. The van der Waals surface area contributed by atoms with Crippen molar-refractivity contribution in [3.8, 4) is 6.07 Å². The highest BCUT2D eigenvalue weighted by Gasteiger charge is 2.23. The van der Waals surface area contributed by atoms with E-state index >= 15 is 0 Å². The lowest BCUT2D eigenvalue weighted by Gasteiger charge is -2.32. The normalized spacial score (nSPS) is 17.2. The van der Waals surface area contributed by atoms with E-state index in [0.29, 0.717) is 17.4 Å². The highest BCUT2D eigenvalue weighted by Crippen LogP contribution is 2.30. The fourth-order valence-corrected chi connectivity index (χ4v) is 1.93. The van der Waals surface area contributed by atoms with E-state index in [2.05, 4.69) is 17.2 Å². The molecule has 3 N–H and O–H groups in total. The molecule has 0 radical (unpaired) electrons. The van der Waals surface area contributed by atoms with E-state index < -0.39 is 0 Å². The van der Waals surface area contributed by atoms with Crippen molar-refractivity contribution < 1.29 is 0 Å². The minimum absolute atomic E-state index is 0.297. The number of nitrogens with zero attached hydrogens (tertiary/aromatic N) is 2. The van der Waals surface area contributed by atoms with Crippen molar-refractivity contribution in [3.63, 3.8) is 0 Å². The Hall–Kier alpha value is -1.76. The molecule has 16 heavy (non-hydrogen) atoms. The molecule has 1 heterocycles. The molecule has 1 aromatic heterocycles. The first-order chi connectivity index (χ1) is 7.70. The molecule has 4 nitrogen and oxygen atoms in total. The number of pyridine rings is 1. The van der Waals surface area contributed by atoms with Gasteiger partial charge in [0.1, 0.15) is 11.9 Å². The molecular weight excluding hydrogens is 200 g/mol. The van der Waals surface area contributed by atoms with Gasteiger partial charge in [-0.15, -0.1) is 0 Å². The Morgan fingerprint density at radius 2 is 2.31 bits per heavy atom. The molecule has 0 amide bonds. The zero-order valence-electron chi connectivity index (χ0n) is 9.40. The molecule has 1 fully saturated rings. The van der Waals surface area contributed by atoms with E-state index in [9.17, 15) is 0 Å². The number of anilines is 2. The summed E-state index contributed by atoms with van der Waals surface area (Å²) in [6, 6.07) is 5.95. The Labute approximate surface area is 95.5 Å². The van der Waals surface area contributed by atoms with Gasteiger partial charge in [0.05, 0.1) is 5.69 Å². The monoisotopic (exact) mass is 216 g/mol. The van der Waals surface area contributed by atoms with Crippen LogP contribution in [0.1, 0.15) is 31.9 Å². The second-order valence-corrected chi connectivity index (χ2v) is 4.37. The molecule has 0 aromatic carbocycles. The summed E-state index contributed by atoms with van der Waals surface area (Å²) in [6.45, 7) is 2.16. The van der Waals surface area contributed by atoms with Crippen LogP contribution in [0.2, 0.25) is 0 Å². The first-order valence-electron chi connectivity index (χ1n) is 5.64. The van der Waals surface area contributed by atoms with Crippen LogP contribution in [-0.2, 0) is 0 Å².